The lowest BCUT2D eigenvalue weighted by molar-refractivity contribution is 0.100. The molecule has 25 heavy (non-hydrogen) atoms. The van der Waals surface area contributed by atoms with Crippen molar-refractivity contribution in [2.24, 2.45) is 5.73 Å². The summed E-state index contributed by atoms with van der Waals surface area (Å²) in [5.74, 6) is -0.495. The maximum Gasteiger partial charge on any atom is 0.260 e. The Bertz CT molecular complexity index is 949. The Morgan fingerprint density at radius 1 is 1.16 bits per heavy atom. The number of aryl methyl sites for hydroxylation is 1. The Labute approximate surface area is 150 Å². The highest BCUT2D eigenvalue weighted by molar-refractivity contribution is 7.21. The van der Waals surface area contributed by atoms with Gasteiger partial charge in [0.2, 0.25) is 0 Å². The first-order chi connectivity index (χ1) is 12.2. The Kier molecular flexibility index (Phi) is 4.13. The fourth-order valence-electron chi connectivity index (χ4n) is 3.67. The van der Waals surface area contributed by atoms with Gasteiger partial charge < -0.3 is 11.5 Å². The highest BCUT2D eigenvalue weighted by Gasteiger charge is 2.24. The van der Waals surface area contributed by atoms with Crippen molar-refractivity contribution in [3.05, 3.63) is 40.7 Å². The van der Waals surface area contributed by atoms with Crippen LogP contribution in [0.1, 0.15) is 46.6 Å². The number of hydrogen-bond donors (Lipinski definition) is 2. The standard InChI is InChI=1S/C19H20N4OS/c20-16-15-14(11-6-5-9-22-10-11)12-7-3-1-2-4-8-13(12)23-19(15)25-17(16)18(21)24/h5-6,9-10H,1-4,7-8,20H2,(H2,21,24). The van der Waals surface area contributed by atoms with Crippen LogP contribution in [-0.4, -0.2) is 15.9 Å². The van der Waals surface area contributed by atoms with Gasteiger partial charge in [0, 0.05) is 34.6 Å². The van der Waals surface area contributed by atoms with Crippen molar-refractivity contribution in [2.45, 2.75) is 38.5 Å². The largest absolute Gasteiger partial charge is 0.397 e. The van der Waals surface area contributed by atoms with Crippen LogP contribution in [-0.2, 0) is 12.8 Å². The molecule has 0 saturated heterocycles. The quantitative estimate of drug-likeness (QED) is 0.735. The molecule has 3 aromatic rings. The van der Waals surface area contributed by atoms with Gasteiger partial charge in [-0.25, -0.2) is 4.98 Å². The Morgan fingerprint density at radius 2 is 1.96 bits per heavy atom. The minimum Gasteiger partial charge on any atom is -0.397 e. The number of anilines is 1. The SMILES string of the molecule is NC(=O)c1sc2nc3c(c(-c4cccnc4)c2c1N)CCCCCC3. The molecule has 128 valence electrons. The number of hydrogen-bond acceptors (Lipinski definition) is 5. The summed E-state index contributed by atoms with van der Waals surface area (Å²) in [6.07, 6.45) is 10.3. The lowest BCUT2D eigenvalue weighted by Crippen LogP contribution is -2.10. The van der Waals surface area contributed by atoms with Crippen LogP contribution in [0.25, 0.3) is 21.3 Å². The summed E-state index contributed by atoms with van der Waals surface area (Å²) in [4.78, 5) is 22.1. The van der Waals surface area contributed by atoms with Crippen molar-refractivity contribution in [1.29, 1.82) is 0 Å². The molecule has 5 nitrogen and oxygen atoms in total. The van der Waals surface area contributed by atoms with Gasteiger partial charge in [-0.05, 0) is 37.3 Å². The van der Waals surface area contributed by atoms with Gasteiger partial charge in [0.25, 0.3) is 5.91 Å². The lowest BCUT2D eigenvalue weighted by Gasteiger charge is -2.18. The molecule has 6 heteroatoms. The van der Waals surface area contributed by atoms with Crippen LogP contribution in [0.5, 0.6) is 0 Å². The third kappa shape index (κ3) is 2.76. The fraction of sp³-hybridized carbons (Fsp3) is 0.316. The first-order valence-corrected chi connectivity index (χ1v) is 9.42. The Hall–Kier alpha value is -2.47. The van der Waals surface area contributed by atoms with Gasteiger partial charge in [-0.2, -0.15) is 0 Å². The molecule has 3 heterocycles. The highest BCUT2D eigenvalue weighted by atomic mass is 32.1. The third-order valence-electron chi connectivity index (χ3n) is 4.83. The van der Waals surface area contributed by atoms with E-state index in [0.717, 1.165) is 52.7 Å². The summed E-state index contributed by atoms with van der Waals surface area (Å²) in [6, 6.07) is 3.97. The van der Waals surface area contributed by atoms with E-state index in [2.05, 4.69) is 4.98 Å². The Balaban J connectivity index is 2.09. The van der Waals surface area contributed by atoms with Crippen LogP contribution in [0.2, 0.25) is 0 Å². The number of aromatic nitrogens is 2. The molecular formula is C19H20N4OS. The number of carbonyl (C=O) groups excluding carboxylic acids is 1. The summed E-state index contributed by atoms with van der Waals surface area (Å²) in [6.45, 7) is 0. The normalized spacial score (nSPS) is 14.7. The van der Waals surface area contributed by atoms with E-state index in [1.807, 2.05) is 18.3 Å². The molecule has 0 fully saturated rings. The van der Waals surface area contributed by atoms with Crippen LogP contribution in [0, 0.1) is 0 Å². The number of nitrogens with zero attached hydrogens (tertiary/aromatic N) is 2. The van der Waals surface area contributed by atoms with E-state index in [-0.39, 0.29) is 0 Å². The zero-order chi connectivity index (χ0) is 17.4. The molecule has 0 saturated carbocycles. The summed E-state index contributed by atoms with van der Waals surface area (Å²) in [5, 5.41) is 0.853. The molecule has 1 aliphatic carbocycles. The number of thiophene rings is 1. The van der Waals surface area contributed by atoms with Crippen molar-refractivity contribution in [1.82, 2.24) is 9.97 Å². The zero-order valence-electron chi connectivity index (χ0n) is 13.9. The van der Waals surface area contributed by atoms with Gasteiger partial charge in [-0.3, -0.25) is 9.78 Å². The molecule has 0 unspecified atom stereocenters. The predicted octanol–water partition coefficient (Wildman–Crippen LogP) is 3.70. The molecule has 1 aliphatic rings. The van der Waals surface area contributed by atoms with E-state index in [0.29, 0.717) is 10.6 Å². The number of nitrogen functional groups attached to an aromatic ring is 1. The molecular weight excluding hydrogens is 332 g/mol. The van der Waals surface area contributed by atoms with Gasteiger partial charge in [0.05, 0.1) is 5.69 Å². The van der Waals surface area contributed by atoms with E-state index in [9.17, 15) is 4.79 Å². The number of carbonyl (C=O) groups is 1. The van der Waals surface area contributed by atoms with Gasteiger partial charge in [-0.1, -0.05) is 18.9 Å². The molecule has 0 spiro atoms. The smallest absolute Gasteiger partial charge is 0.260 e. The molecule has 1 amide bonds. The molecule has 3 aromatic heterocycles. The highest BCUT2D eigenvalue weighted by Crippen LogP contribution is 2.42. The van der Waals surface area contributed by atoms with Crippen LogP contribution < -0.4 is 11.5 Å². The van der Waals surface area contributed by atoms with E-state index in [4.69, 9.17) is 16.5 Å². The number of pyridine rings is 2. The van der Waals surface area contributed by atoms with E-state index in [1.54, 1.807) is 6.20 Å². The Morgan fingerprint density at radius 3 is 2.68 bits per heavy atom. The van der Waals surface area contributed by atoms with Crippen LogP contribution in [0.15, 0.2) is 24.5 Å². The van der Waals surface area contributed by atoms with Gasteiger partial charge >= 0.3 is 0 Å². The lowest BCUT2D eigenvalue weighted by atomic mass is 9.89. The summed E-state index contributed by atoms with van der Waals surface area (Å²) in [5.41, 5.74) is 16.8. The maximum absolute atomic E-state index is 11.8. The first-order valence-electron chi connectivity index (χ1n) is 8.60. The van der Waals surface area contributed by atoms with E-state index in [1.165, 1.54) is 29.7 Å². The molecule has 0 bridgehead atoms. The summed E-state index contributed by atoms with van der Waals surface area (Å²) in [7, 11) is 0. The minimum atomic E-state index is -0.495. The molecule has 0 aliphatic heterocycles. The summed E-state index contributed by atoms with van der Waals surface area (Å²) >= 11 is 1.29. The third-order valence-corrected chi connectivity index (χ3v) is 5.94. The van der Waals surface area contributed by atoms with Crippen molar-refractivity contribution < 1.29 is 4.79 Å². The van der Waals surface area contributed by atoms with Crippen LogP contribution in [0.3, 0.4) is 0 Å². The molecule has 0 radical (unpaired) electrons. The second-order valence-electron chi connectivity index (χ2n) is 6.46. The average Bonchev–Trinajstić information content (AvgIpc) is 2.92. The van der Waals surface area contributed by atoms with Gasteiger partial charge in [0.1, 0.15) is 9.71 Å². The molecule has 0 atom stereocenters. The predicted molar refractivity (Wildman–Crippen MR) is 102 cm³/mol. The fourth-order valence-corrected chi connectivity index (χ4v) is 4.65. The van der Waals surface area contributed by atoms with Crippen molar-refractivity contribution in [3.63, 3.8) is 0 Å². The number of amides is 1. The number of primary amides is 1. The first kappa shape index (κ1) is 16.0. The summed E-state index contributed by atoms with van der Waals surface area (Å²) < 4.78 is 0. The van der Waals surface area contributed by atoms with Crippen molar-refractivity contribution in [3.8, 4) is 11.1 Å². The van der Waals surface area contributed by atoms with E-state index >= 15 is 0 Å². The molecule has 4 rings (SSSR count). The minimum absolute atomic E-state index is 0.394. The maximum atomic E-state index is 11.8. The average molecular weight is 352 g/mol. The second-order valence-corrected chi connectivity index (χ2v) is 7.46. The second kappa shape index (κ2) is 6.44. The monoisotopic (exact) mass is 352 g/mol. The topological polar surface area (TPSA) is 94.9 Å². The number of rotatable bonds is 2. The van der Waals surface area contributed by atoms with E-state index < -0.39 is 5.91 Å². The zero-order valence-corrected chi connectivity index (χ0v) is 14.7. The van der Waals surface area contributed by atoms with Crippen molar-refractivity contribution in [2.75, 3.05) is 5.73 Å². The van der Waals surface area contributed by atoms with Gasteiger partial charge in [-0.15, -0.1) is 11.3 Å². The molecule has 0 aromatic carbocycles. The molecule has 4 N–H and O–H groups in total. The van der Waals surface area contributed by atoms with Crippen LogP contribution >= 0.6 is 11.3 Å². The van der Waals surface area contributed by atoms with Crippen molar-refractivity contribution >= 4 is 33.1 Å². The number of fused-ring (bicyclic) bond motifs is 2. The van der Waals surface area contributed by atoms with Gasteiger partial charge in [0.15, 0.2) is 0 Å². The van der Waals surface area contributed by atoms with Crippen LogP contribution in [0.4, 0.5) is 5.69 Å². The number of nitrogens with two attached hydrogens (primary N) is 2.